The molecule has 0 amide bonds. The van der Waals surface area contributed by atoms with E-state index in [4.69, 9.17) is 4.55 Å². The summed E-state index contributed by atoms with van der Waals surface area (Å²) in [6, 6.07) is 0. The third-order valence-corrected chi connectivity index (χ3v) is 0.787. The summed E-state index contributed by atoms with van der Waals surface area (Å²) >= 11 is -2.58. The van der Waals surface area contributed by atoms with Crippen LogP contribution in [0.5, 0.6) is 0 Å². The molecule has 3 nitrogen and oxygen atoms in total. The summed E-state index contributed by atoms with van der Waals surface area (Å²) in [6.45, 7) is -1.45. The first kappa shape index (κ1) is 8.86. The summed E-state index contributed by atoms with van der Waals surface area (Å²) in [6.07, 6.45) is -4.43. The van der Waals surface area contributed by atoms with E-state index in [0.717, 1.165) is 0 Å². The van der Waals surface area contributed by atoms with Gasteiger partial charge in [0.2, 0.25) is 11.3 Å². The molecule has 0 aliphatic rings. The molecule has 0 aromatic heterocycles. The van der Waals surface area contributed by atoms with Crippen LogP contribution in [0.1, 0.15) is 0 Å². The lowest BCUT2D eigenvalue weighted by molar-refractivity contribution is -0.121. The largest absolute Gasteiger partial charge is 0.402 e. The Morgan fingerprint density at radius 1 is 1.56 bits per heavy atom. The highest BCUT2D eigenvalue weighted by atomic mass is 32.2. The molecule has 0 fully saturated rings. The normalized spacial score (nSPS) is 15.6. The molecule has 0 saturated heterocycles. The van der Waals surface area contributed by atoms with Gasteiger partial charge in [0.15, 0.2) is 0 Å². The Balaban J connectivity index is 3.39. The molecule has 0 aliphatic carbocycles. The van der Waals surface area contributed by atoms with Gasteiger partial charge in [-0.1, -0.05) is 0 Å². The molecular formula is C2H4F3NO2S. The van der Waals surface area contributed by atoms with E-state index in [2.05, 4.69) is 0 Å². The summed E-state index contributed by atoms with van der Waals surface area (Å²) in [5, 5.41) is 0. The van der Waals surface area contributed by atoms with Crippen LogP contribution in [0.15, 0.2) is 0 Å². The maximum atomic E-state index is 11.1. The summed E-state index contributed by atoms with van der Waals surface area (Å²) in [4.78, 5) is 0. The Hall–Kier alpha value is -0.140. The van der Waals surface area contributed by atoms with Crippen LogP contribution in [-0.2, 0) is 11.3 Å². The molecule has 0 heterocycles. The Morgan fingerprint density at radius 3 is 2.11 bits per heavy atom. The molecule has 0 saturated carbocycles. The van der Waals surface area contributed by atoms with Crippen molar-refractivity contribution in [2.45, 2.75) is 6.18 Å². The molecule has 1 atom stereocenters. The lowest BCUT2D eigenvalue weighted by atomic mass is 10.7. The molecule has 0 aromatic carbocycles. The zero-order chi connectivity index (χ0) is 7.49. The number of nitrogens with one attached hydrogen (secondary N) is 1. The van der Waals surface area contributed by atoms with Gasteiger partial charge in [-0.15, -0.1) is 0 Å². The zero-order valence-corrected chi connectivity index (χ0v) is 4.92. The molecule has 0 bridgehead atoms. The second kappa shape index (κ2) is 3.14. The number of hydrogen-bond donors (Lipinski definition) is 2. The quantitative estimate of drug-likeness (QED) is 0.574. The monoisotopic (exact) mass is 163 g/mol. The van der Waals surface area contributed by atoms with Crippen LogP contribution in [0.4, 0.5) is 13.2 Å². The van der Waals surface area contributed by atoms with Crippen molar-refractivity contribution in [2.75, 3.05) is 6.54 Å². The van der Waals surface area contributed by atoms with Crippen LogP contribution >= 0.6 is 0 Å². The lowest BCUT2D eigenvalue weighted by Gasteiger charge is -2.03. The van der Waals surface area contributed by atoms with Gasteiger partial charge in [0.1, 0.15) is 6.54 Å². The maximum absolute atomic E-state index is 11.1. The molecule has 2 N–H and O–H groups in total. The summed E-state index contributed by atoms with van der Waals surface area (Å²) in [5.41, 5.74) is 0. The topological polar surface area (TPSA) is 49.3 Å². The van der Waals surface area contributed by atoms with Gasteiger partial charge >= 0.3 is 6.18 Å². The van der Waals surface area contributed by atoms with Crippen molar-refractivity contribution >= 4 is 11.3 Å². The molecule has 56 valence electrons. The maximum Gasteiger partial charge on any atom is 0.402 e. The van der Waals surface area contributed by atoms with E-state index in [-0.39, 0.29) is 0 Å². The van der Waals surface area contributed by atoms with Crippen molar-refractivity contribution < 1.29 is 21.9 Å². The lowest BCUT2D eigenvalue weighted by Crippen LogP contribution is -2.29. The second-order valence-electron chi connectivity index (χ2n) is 1.19. The third kappa shape index (κ3) is 7.86. The van der Waals surface area contributed by atoms with Crippen LogP contribution in [0.3, 0.4) is 0 Å². The molecule has 1 unspecified atom stereocenters. The number of rotatable bonds is 2. The highest BCUT2D eigenvalue weighted by Gasteiger charge is 2.27. The smallest absolute Gasteiger partial charge is 0.294 e. The SMILES string of the molecule is O=S(O)NCC(F)(F)F. The standard InChI is InChI=1S/C2H4F3NO2S/c3-2(4,5)1-6-9(7)8/h6H,1H2,(H,7,8). The van der Waals surface area contributed by atoms with Crippen LogP contribution in [0, 0.1) is 0 Å². The van der Waals surface area contributed by atoms with Crippen LogP contribution in [-0.4, -0.2) is 21.5 Å². The summed E-state index contributed by atoms with van der Waals surface area (Å²) < 4.78 is 51.9. The van der Waals surface area contributed by atoms with Crippen LogP contribution < -0.4 is 4.72 Å². The van der Waals surface area contributed by atoms with Crippen molar-refractivity contribution in [3.05, 3.63) is 0 Å². The van der Waals surface area contributed by atoms with Gasteiger partial charge in [-0.25, -0.2) is 8.93 Å². The van der Waals surface area contributed by atoms with Gasteiger partial charge in [0, 0.05) is 0 Å². The van der Waals surface area contributed by atoms with E-state index in [1.165, 1.54) is 4.72 Å². The Labute approximate surface area is 51.7 Å². The fourth-order valence-corrected chi connectivity index (χ4v) is 0.431. The van der Waals surface area contributed by atoms with Crippen molar-refractivity contribution in [1.82, 2.24) is 4.72 Å². The summed E-state index contributed by atoms with van der Waals surface area (Å²) in [7, 11) is 0. The summed E-state index contributed by atoms with van der Waals surface area (Å²) in [5.74, 6) is 0. The van der Waals surface area contributed by atoms with Crippen LogP contribution in [0.2, 0.25) is 0 Å². The van der Waals surface area contributed by atoms with Gasteiger partial charge in [0.05, 0.1) is 0 Å². The van der Waals surface area contributed by atoms with Crippen molar-refractivity contribution in [3.8, 4) is 0 Å². The zero-order valence-electron chi connectivity index (χ0n) is 4.10. The van der Waals surface area contributed by atoms with Gasteiger partial charge in [-0.3, -0.25) is 4.55 Å². The molecule has 0 spiro atoms. The van der Waals surface area contributed by atoms with E-state index in [1.807, 2.05) is 0 Å². The minimum Gasteiger partial charge on any atom is -0.294 e. The first-order valence-corrected chi connectivity index (χ1v) is 2.93. The number of alkyl halides is 3. The predicted octanol–water partition coefficient (Wildman–Crippen LogP) is 0.275. The Kier molecular flexibility index (Phi) is 3.09. The predicted molar refractivity (Wildman–Crippen MR) is 24.8 cm³/mol. The fraction of sp³-hybridized carbons (Fsp3) is 1.00. The molecule has 0 radical (unpaired) electrons. The molecular weight excluding hydrogens is 159 g/mol. The molecule has 0 aliphatic heterocycles. The highest BCUT2D eigenvalue weighted by Crippen LogP contribution is 2.11. The van der Waals surface area contributed by atoms with E-state index < -0.39 is 24.0 Å². The first-order chi connectivity index (χ1) is 3.92. The van der Waals surface area contributed by atoms with Gasteiger partial charge in [0.25, 0.3) is 0 Å². The minimum absolute atomic E-state index is 1.29. The van der Waals surface area contributed by atoms with E-state index in [0.29, 0.717) is 0 Å². The van der Waals surface area contributed by atoms with Gasteiger partial charge in [-0.05, 0) is 0 Å². The number of hydrogen-bond acceptors (Lipinski definition) is 1. The fourth-order valence-electron chi connectivity index (χ4n) is 0.144. The minimum atomic E-state index is -4.43. The highest BCUT2D eigenvalue weighted by molar-refractivity contribution is 7.77. The van der Waals surface area contributed by atoms with Crippen molar-refractivity contribution in [2.24, 2.45) is 0 Å². The van der Waals surface area contributed by atoms with E-state index >= 15 is 0 Å². The van der Waals surface area contributed by atoms with E-state index in [9.17, 15) is 17.4 Å². The second-order valence-corrected chi connectivity index (χ2v) is 1.97. The Morgan fingerprint density at radius 2 is 2.00 bits per heavy atom. The Bertz CT molecular complexity index is 113. The molecule has 0 aromatic rings. The van der Waals surface area contributed by atoms with Crippen molar-refractivity contribution in [1.29, 1.82) is 0 Å². The molecule has 7 heteroatoms. The van der Waals surface area contributed by atoms with Gasteiger partial charge in [-0.2, -0.15) is 13.2 Å². The molecule has 9 heavy (non-hydrogen) atoms. The number of halogens is 3. The van der Waals surface area contributed by atoms with Crippen molar-refractivity contribution in [3.63, 3.8) is 0 Å². The first-order valence-electron chi connectivity index (χ1n) is 1.83. The average molecular weight is 163 g/mol. The third-order valence-electron chi connectivity index (χ3n) is 0.396. The average Bonchev–Trinajstić information content (AvgIpc) is 1.59. The van der Waals surface area contributed by atoms with Crippen LogP contribution in [0.25, 0.3) is 0 Å². The van der Waals surface area contributed by atoms with E-state index in [1.54, 1.807) is 0 Å². The molecule has 0 rings (SSSR count). The van der Waals surface area contributed by atoms with Gasteiger partial charge < -0.3 is 0 Å².